The Morgan fingerprint density at radius 1 is 0.445 bits per heavy atom. The Morgan fingerprint density at radius 2 is 0.797 bits per heavy atom. The lowest BCUT2D eigenvalue weighted by Gasteiger charge is -2.32. The van der Waals surface area contributed by atoms with E-state index in [0.29, 0.717) is 86.5 Å². The Labute approximate surface area is 751 Å². The molecule has 2 aromatic heterocycles. The monoisotopic (exact) mass is 1780 g/mol. The van der Waals surface area contributed by atoms with E-state index in [4.69, 9.17) is 81.7 Å². The molecule has 7 amide bonds. The van der Waals surface area contributed by atoms with E-state index in [1.165, 1.54) is 19.1 Å². The molecule has 7 aromatic rings. The van der Waals surface area contributed by atoms with Crippen LogP contribution >= 0.6 is 11.6 Å². The van der Waals surface area contributed by atoms with Crippen molar-refractivity contribution < 1.29 is 81.0 Å². The van der Waals surface area contributed by atoms with E-state index in [0.717, 1.165) is 39.8 Å². The molecule has 0 aliphatic carbocycles. The fourth-order valence-electron chi connectivity index (χ4n) is 16.0. The number of rotatable bonds is 34. The number of methoxy groups -OCH3 is 2. The van der Waals surface area contributed by atoms with E-state index in [1.807, 2.05) is 146 Å². The number of nitrogens with two attached hydrogens (primary N) is 3. The number of nitrogens with zero attached hydrogens (tertiary/aromatic N) is 10. The van der Waals surface area contributed by atoms with Crippen LogP contribution in [0.25, 0.3) is 11.4 Å². The van der Waals surface area contributed by atoms with E-state index in [-0.39, 0.29) is 82.0 Å². The van der Waals surface area contributed by atoms with E-state index in [1.54, 1.807) is 107 Å². The molecule has 0 bridgehead atoms. The summed E-state index contributed by atoms with van der Waals surface area (Å²) < 4.78 is 46.6. The number of carbonyl (C=O) groups excluding carboxylic acids is 9. The number of benzene rings is 5. The molecule has 0 saturated carbocycles. The summed E-state index contributed by atoms with van der Waals surface area (Å²) in [6, 6.07) is 44.0. The number of ether oxygens (including phenoxy) is 8. The van der Waals surface area contributed by atoms with Gasteiger partial charge in [-0.1, -0.05) is 139 Å². The van der Waals surface area contributed by atoms with Crippen LogP contribution < -0.4 is 33.2 Å². The molecule has 3 unspecified atom stereocenters. The molecule has 8 heterocycles. The number of halogens is 1. The van der Waals surface area contributed by atoms with Gasteiger partial charge in [0.25, 0.3) is 5.91 Å². The third kappa shape index (κ3) is 24.7. The lowest BCUT2D eigenvalue weighted by atomic mass is 9.91. The first-order valence-corrected chi connectivity index (χ1v) is 43.5. The Balaban J connectivity index is 0.000000186. The summed E-state index contributed by atoms with van der Waals surface area (Å²) in [7, 11) is 6.00. The van der Waals surface area contributed by atoms with Gasteiger partial charge in [-0.2, -0.15) is 0 Å². The normalized spacial score (nSPS) is 21.9. The van der Waals surface area contributed by atoms with Crippen LogP contribution in [0.4, 0.5) is 0 Å². The smallest absolute Gasteiger partial charge is 0.337 e. The Kier molecular flexibility index (Phi) is 34.1. The maximum absolute atomic E-state index is 14.1. The number of carbonyl (C=O) groups is 9. The Morgan fingerprint density at radius 3 is 1.17 bits per heavy atom. The maximum atomic E-state index is 14.1. The van der Waals surface area contributed by atoms with Gasteiger partial charge in [-0.25, -0.2) is 34.5 Å². The molecule has 3 saturated heterocycles. The summed E-state index contributed by atoms with van der Waals surface area (Å²) in [5.74, 6) is -2.14. The molecule has 9 N–H and O–H groups in total. The molecule has 6 aliphatic heterocycles. The molecule has 5 aromatic carbocycles. The van der Waals surface area contributed by atoms with Crippen LogP contribution in [0.2, 0.25) is 5.02 Å². The van der Waals surface area contributed by atoms with Gasteiger partial charge in [-0.3, -0.25) is 38.5 Å². The minimum Gasteiger partial charge on any atom is -0.476 e. The second kappa shape index (κ2) is 45.1. The third-order valence-electron chi connectivity index (χ3n) is 23.0. The second-order valence-corrected chi connectivity index (χ2v) is 33.6. The summed E-state index contributed by atoms with van der Waals surface area (Å²) >= 11 is 6.22. The zero-order chi connectivity index (χ0) is 91.8. The summed E-state index contributed by atoms with van der Waals surface area (Å²) in [5, 5.41) is 8.93. The summed E-state index contributed by atoms with van der Waals surface area (Å²) in [4.78, 5) is 154. The predicted molar refractivity (Wildman–Crippen MR) is 478 cm³/mol. The topological polar surface area (TPSA) is 430 Å². The minimum absolute atomic E-state index is 0.0223. The standard InChI is InChI=1S/C34H40N6O6.C31H40ClN5O5.C29H37N5O6/c1-22(35)30(41)38-28(23(2)45-20-24-10-5-4-6-11-24)32(42)40-17-8-14-27(40)31-39-34(21-46-31,33(43)44-3)19-25-12-7-13-26(18-25)29-36-15-9-16-37-29;1-20(33)27(38)34-26(21(2)41-18-22-10-6-5-7-11-22)29(39)37-15-9-14-25(37)28-35-31(19-42-28,30(40)36(3)4)17-23-12-8-13-24(32)16-23;1-19(30)25(35)32-24(20(2)39-17-21-10-5-4-6-11-21)27(36)34-15-9-13-23(34)26-33-29(18-40-26,28(37)38-3)16-22-12-7-8-14-31-22/h4-7,9-13,15-16,18,22-23,27-28H,8,14,17,19-21,35H2,1-3H3,(H,38,41);5-8,10-13,16,20-21,25-26H,9,14-15,17-19,33H2,1-4H3,(H,34,38);4-8,10-12,14,19-20,23-24H,9,13,15-18,30H2,1-3H3,(H,32,35)/t22-,23?,27-,28-,34+;20-,21?,25-,26-,31+;19-,20?,23-,24-,29+/m000/s1. The van der Waals surface area contributed by atoms with Crippen molar-refractivity contribution in [2.45, 2.75) is 208 Å². The number of aromatic nitrogens is 3. The number of amides is 7. The van der Waals surface area contributed by atoms with Crippen molar-refractivity contribution in [2.75, 3.05) is 67.8 Å². The van der Waals surface area contributed by atoms with Gasteiger partial charge < -0.3 is 90.6 Å². The molecule has 682 valence electrons. The van der Waals surface area contributed by atoms with E-state index >= 15 is 0 Å². The molecule has 15 atom stereocenters. The van der Waals surface area contributed by atoms with E-state index in [9.17, 15) is 43.2 Å². The maximum Gasteiger partial charge on any atom is 0.337 e. The van der Waals surface area contributed by atoms with Crippen molar-refractivity contribution in [3.8, 4) is 11.4 Å². The van der Waals surface area contributed by atoms with Crippen LogP contribution in [0.15, 0.2) is 197 Å². The number of esters is 2. The number of hydrogen-bond acceptors (Lipinski definition) is 26. The Bertz CT molecular complexity index is 5050. The van der Waals surface area contributed by atoms with Crippen LogP contribution in [0.5, 0.6) is 0 Å². The number of aliphatic imine (C=N–C) groups is 3. The second-order valence-electron chi connectivity index (χ2n) is 33.1. The highest BCUT2D eigenvalue weighted by Gasteiger charge is 2.54. The van der Waals surface area contributed by atoms with Crippen LogP contribution in [0.3, 0.4) is 0 Å². The minimum atomic E-state index is -1.34. The van der Waals surface area contributed by atoms with Gasteiger partial charge in [-0.15, -0.1) is 0 Å². The van der Waals surface area contributed by atoms with Crippen molar-refractivity contribution in [2.24, 2.45) is 32.2 Å². The molecule has 34 heteroatoms. The fraction of sp³-hybridized carbons (Fsp3) is 0.457. The summed E-state index contributed by atoms with van der Waals surface area (Å²) in [5.41, 5.74) is 19.6. The molecular weight excluding hydrogens is 1660 g/mol. The van der Waals surface area contributed by atoms with Crippen LogP contribution in [0.1, 0.15) is 114 Å². The van der Waals surface area contributed by atoms with Crippen LogP contribution in [0, 0.1) is 0 Å². The first-order chi connectivity index (χ1) is 61.4. The highest BCUT2D eigenvalue weighted by Crippen LogP contribution is 2.36. The van der Waals surface area contributed by atoms with Crippen LogP contribution in [-0.4, -0.2) is 263 Å². The molecular formula is C94H117ClN16O17. The average Bonchev–Trinajstić information content (AvgIpc) is 1.62. The molecule has 0 spiro atoms. The van der Waals surface area contributed by atoms with E-state index in [2.05, 4.69) is 30.9 Å². The van der Waals surface area contributed by atoms with Gasteiger partial charge in [0.05, 0.1) is 70.5 Å². The van der Waals surface area contributed by atoms with Crippen molar-refractivity contribution in [1.82, 2.24) is 50.5 Å². The number of pyridine rings is 1. The van der Waals surface area contributed by atoms with Gasteiger partial charge in [0.2, 0.25) is 58.7 Å². The van der Waals surface area contributed by atoms with Gasteiger partial charge in [-0.05, 0) is 144 Å². The lowest BCUT2D eigenvalue weighted by molar-refractivity contribution is -0.148. The predicted octanol–water partition coefficient (Wildman–Crippen LogP) is 6.41. The SMILES string of the molecule is CC(OCc1ccccc1)[C@H](NC(=O)[C@H](C)N)C(=O)N1CCC[C@H]1C1=N[C@@](Cc2cccc(Cl)c2)(C(=O)N(C)C)CO1.COC(=O)[C@@]1(Cc2cccc(-c3ncccn3)c2)COC([C@@H]2CCCN2C(=O)[C@@H](NC(=O)[C@H](C)N)C(C)OCc2ccccc2)=N1.COC(=O)[C@@]1(Cc2ccccn2)COC([C@@H]2CCCN2C(=O)[C@@H](NC(=O)[C@H](C)N)C(C)OCc2ccccc2)=N1. The van der Waals surface area contributed by atoms with Crippen molar-refractivity contribution >= 4 is 82.6 Å². The first kappa shape index (κ1) is 96.6. The number of likely N-dealkylation sites (tertiary alicyclic amines) is 3. The van der Waals surface area contributed by atoms with Gasteiger partial charge >= 0.3 is 11.9 Å². The molecule has 0 radical (unpaired) electrons. The number of hydrogen-bond donors (Lipinski definition) is 6. The van der Waals surface area contributed by atoms with Crippen molar-refractivity contribution in [3.63, 3.8) is 0 Å². The molecule has 6 aliphatic rings. The molecule has 128 heavy (non-hydrogen) atoms. The van der Waals surface area contributed by atoms with Gasteiger partial charge in [0.15, 0.2) is 16.9 Å². The highest BCUT2D eigenvalue weighted by molar-refractivity contribution is 6.30. The van der Waals surface area contributed by atoms with Crippen molar-refractivity contribution in [1.29, 1.82) is 0 Å². The molecule has 33 nitrogen and oxygen atoms in total. The Hall–Kier alpha value is -12.0. The molecule has 3 fully saturated rings. The zero-order valence-electron chi connectivity index (χ0n) is 74.0. The lowest BCUT2D eigenvalue weighted by Crippen LogP contribution is -2.58. The van der Waals surface area contributed by atoms with Gasteiger partial charge in [0, 0.05) is 87.9 Å². The number of likely N-dealkylation sites (N-methyl/N-ethyl adjacent to an activating group) is 1. The summed E-state index contributed by atoms with van der Waals surface area (Å²) in [6.07, 6.45) is 7.63. The van der Waals surface area contributed by atoms with E-state index < -0.39 is 119 Å². The molecule has 13 rings (SSSR count). The first-order valence-electron chi connectivity index (χ1n) is 43.1. The average molecular weight is 1780 g/mol. The fourth-order valence-corrected chi connectivity index (χ4v) is 16.2. The van der Waals surface area contributed by atoms with Crippen molar-refractivity contribution in [3.05, 3.63) is 221 Å². The van der Waals surface area contributed by atoms with Crippen LogP contribution in [-0.2, 0) is 120 Å². The summed E-state index contributed by atoms with van der Waals surface area (Å²) in [6.45, 7) is 12.0. The largest absolute Gasteiger partial charge is 0.476 e. The quantitative estimate of drug-likeness (QED) is 0.0237. The van der Waals surface area contributed by atoms with Gasteiger partial charge in [0.1, 0.15) is 56.1 Å². The third-order valence-corrected chi connectivity index (χ3v) is 23.2. The zero-order valence-corrected chi connectivity index (χ0v) is 74.8. The number of nitrogens with one attached hydrogen (secondary N) is 3. The highest BCUT2D eigenvalue weighted by atomic mass is 35.5.